The Labute approximate surface area is 126 Å². The molecule has 2 N–H and O–H groups in total. The van der Waals surface area contributed by atoms with E-state index in [2.05, 4.69) is 0 Å². The fourth-order valence-corrected chi connectivity index (χ4v) is 4.13. The smallest absolute Gasteiger partial charge is 0.243 e. The van der Waals surface area contributed by atoms with Crippen LogP contribution in [0.2, 0.25) is 0 Å². The highest BCUT2D eigenvalue weighted by Gasteiger charge is 2.42. The van der Waals surface area contributed by atoms with Crippen molar-refractivity contribution >= 4 is 15.9 Å². The van der Waals surface area contributed by atoms with Gasteiger partial charge in [0.2, 0.25) is 15.9 Å². The summed E-state index contributed by atoms with van der Waals surface area (Å²) in [6.45, 7) is 0.0306. The van der Waals surface area contributed by atoms with Crippen molar-refractivity contribution < 1.29 is 26.7 Å². The molecule has 0 aromatic heterocycles. The molecule has 2 atom stereocenters. The van der Waals surface area contributed by atoms with Gasteiger partial charge >= 0.3 is 0 Å². The number of sulfonamides is 1. The summed E-state index contributed by atoms with van der Waals surface area (Å²) in [5, 5.41) is 0. The molecule has 0 radical (unpaired) electrons. The lowest BCUT2D eigenvalue weighted by molar-refractivity contribution is -0.122. The second kappa shape index (κ2) is 6.27. The van der Waals surface area contributed by atoms with E-state index >= 15 is 0 Å². The first-order valence-electron chi connectivity index (χ1n) is 6.50. The van der Waals surface area contributed by atoms with Gasteiger partial charge in [0.05, 0.1) is 17.4 Å². The van der Waals surface area contributed by atoms with Crippen LogP contribution in [0.1, 0.15) is 0 Å². The van der Waals surface area contributed by atoms with Gasteiger partial charge in [-0.25, -0.2) is 17.2 Å². The fourth-order valence-electron chi connectivity index (χ4n) is 2.56. The van der Waals surface area contributed by atoms with E-state index in [-0.39, 0.29) is 19.7 Å². The van der Waals surface area contributed by atoms with Crippen LogP contribution in [-0.4, -0.2) is 45.4 Å². The summed E-state index contributed by atoms with van der Waals surface area (Å²) in [6, 6.07) is 2.06. The second-order valence-corrected chi connectivity index (χ2v) is 7.09. The fraction of sp³-hybridized carbons (Fsp3) is 0.462. The molecule has 1 aliphatic heterocycles. The topological polar surface area (TPSA) is 89.7 Å². The Morgan fingerprint density at radius 2 is 1.91 bits per heavy atom. The summed E-state index contributed by atoms with van der Waals surface area (Å²) in [6.07, 6.45) is 0. The minimum atomic E-state index is -4.11. The SMILES string of the molecule is COCC1CN(S(=O)(=O)c2cc(F)cc(F)c2)CC1C(N)=O. The molecule has 122 valence electrons. The minimum Gasteiger partial charge on any atom is -0.384 e. The molecule has 1 fully saturated rings. The van der Waals surface area contributed by atoms with Gasteiger partial charge in [0.1, 0.15) is 11.6 Å². The van der Waals surface area contributed by atoms with Crippen molar-refractivity contribution in [2.24, 2.45) is 17.6 Å². The summed E-state index contributed by atoms with van der Waals surface area (Å²) < 4.78 is 57.3. The summed E-state index contributed by atoms with van der Waals surface area (Å²) in [5.41, 5.74) is 5.27. The zero-order valence-electron chi connectivity index (χ0n) is 11.8. The maximum Gasteiger partial charge on any atom is 0.243 e. The van der Waals surface area contributed by atoms with E-state index in [1.54, 1.807) is 0 Å². The first kappa shape index (κ1) is 16.8. The summed E-state index contributed by atoms with van der Waals surface area (Å²) >= 11 is 0. The number of methoxy groups -OCH3 is 1. The quantitative estimate of drug-likeness (QED) is 0.840. The number of hydrogen-bond donors (Lipinski definition) is 1. The molecule has 0 spiro atoms. The molecule has 1 aromatic carbocycles. The van der Waals surface area contributed by atoms with Crippen LogP contribution < -0.4 is 5.73 Å². The van der Waals surface area contributed by atoms with Crippen molar-refractivity contribution in [2.75, 3.05) is 26.8 Å². The molecule has 0 aliphatic carbocycles. The van der Waals surface area contributed by atoms with Gasteiger partial charge in [-0.05, 0) is 12.1 Å². The van der Waals surface area contributed by atoms with Gasteiger partial charge in [-0.15, -0.1) is 0 Å². The van der Waals surface area contributed by atoms with Crippen LogP contribution in [0.4, 0.5) is 8.78 Å². The van der Waals surface area contributed by atoms with E-state index in [0.29, 0.717) is 6.07 Å². The van der Waals surface area contributed by atoms with Crippen LogP contribution in [0.15, 0.2) is 23.1 Å². The first-order valence-corrected chi connectivity index (χ1v) is 7.94. The average molecular weight is 334 g/mol. The lowest BCUT2D eigenvalue weighted by Gasteiger charge is -2.16. The first-order chi connectivity index (χ1) is 10.3. The highest BCUT2D eigenvalue weighted by Crippen LogP contribution is 2.29. The number of rotatable bonds is 5. The van der Waals surface area contributed by atoms with Gasteiger partial charge in [-0.1, -0.05) is 0 Å². The lowest BCUT2D eigenvalue weighted by atomic mass is 9.96. The molecule has 0 bridgehead atoms. The Balaban J connectivity index is 2.32. The molecule has 1 aromatic rings. The number of nitrogens with two attached hydrogens (primary N) is 1. The maximum atomic E-state index is 13.2. The summed E-state index contributed by atoms with van der Waals surface area (Å²) in [4.78, 5) is 10.9. The van der Waals surface area contributed by atoms with Gasteiger partial charge in [0.25, 0.3) is 0 Å². The second-order valence-electron chi connectivity index (χ2n) is 5.15. The molecule has 1 aliphatic rings. The lowest BCUT2D eigenvalue weighted by Crippen LogP contribution is -2.32. The predicted octanol–water partition coefficient (Wildman–Crippen LogP) is 0.333. The monoisotopic (exact) mass is 334 g/mol. The Bertz CT molecular complexity index is 660. The van der Waals surface area contributed by atoms with Gasteiger partial charge in [-0.3, -0.25) is 4.79 Å². The average Bonchev–Trinajstić information content (AvgIpc) is 2.83. The van der Waals surface area contributed by atoms with Crippen molar-refractivity contribution in [1.82, 2.24) is 4.31 Å². The Morgan fingerprint density at radius 1 is 1.32 bits per heavy atom. The van der Waals surface area contributed by atoms with E-state index in [9.17, 15) is 22.0 Å². The standard InChI is InChI=1S/C13H16F2N2O4S/c1-21-7-8-5-17(6-12(8)13(16)18)22(19,20)11-3-9(14)2-10(15)4-11/h2-4,8,12H,5-7H2,1H3,(H2,16,18). The summed E-state index contributed by atoms with van der Waals surface area (Å²) in [7, 11) is -2.68. The van der Waals surface area contributed by atoms with Crippen molar-refractivity contribution in [1.29, 1.82) is 0 Å². The Hall–Kier alpha value is -1.58. The van der Waals surface area contributed by atoms with Gasteiger partial charge in [0.15, 0.2) is 0 Å². The summed E-state index contributed by atoms with van der Waals surface area (Å²) in [5.74, 6) is -3.70. The highest BCUT2D eigenvalue weighted by molar-refractivity contribution is 7.89. The van der Waals surface area contributed by atoms with Crippen LogP contribution in [0.25, 0.3) is 0 Å². The van der Waals surface area contributed by atoms with E-state index in [0.717, 1.165) is 16.4 Å². The molecule has 1 heterocycles. The molecule has 0 saturated carbocycles. The number of benzene rings is 1. The van der Waals surface area contributed by atoms with Crippen molar-refractivity contribution in [2.45, 2.75) is 4.90 Å². The third-order valence-corrected chi connectivity index (χ3v) is 5.44. The van der Waals surface area contributed by atoms with Crippen LogP contribution in [0, 0.1) is 23.5 Å². The van der Waals surface area contributed by atoms with Crippen LogP contribution in [-0.2, 0) is 19.6 Å². The van der Waals surface area contributed by atoms with Crippen LogP contribution in [0.3, 0.4) is 0 Å². The molecule has 2 rings (SSSR count). The van der Waals surface area contributed by atoms with Gasteiger partial charge in [-0.2, -0.15) is 4.31 Å². The van der Waals surface area contributed by atoms with Gasteiger partial charge in [0, 0.05) is 32.2 Å². The number of primary amides is 1. The number of nitrogens with zero attached hydrogens (tertiary/aromatic N) is 1. The largest absolute Gasteiger partial charge is 0.384 e. The van der Waals surface area contributed by atoms with E-state index in [4.69, 9.17) is 10.5 Å². The van der Waals surface area contributed by atoms with Crippen LogP contribution in [0.5, 0.6) is 0 Å². The van der Waals surface area contributed by atoms with Gasteiger partial charge < -0.3 is 10.5 Å². The molecule has 1 amide bonds. The van der Waals surface area contributed by atoms with Crippen LogP contribution >= 0.6 is 0 Å². The third kappa shape index (κ3) is 3.26. The van der Waals surface area contributed by atoms with Crippen molar-refractivity contribution in [3.8, 4) is 0 Å². The van der Waals surface area contributed by atoms with Crippen molar-refractivity contribution in [3.63, 3.8) is 0 Å². The number of carbonyl (C=O) groups is 1. The van der Waals surface area contributed by atoms with E-state index in [1.165, 1.54) is 7.11 Å². The normalized spacial score (nSPS) is 22.9. The number of hydrogen-bond acceptors (Lipinski definition) is 4. The van der Waals surface area contributed by atoms with E-state index < -0.39 is 44.3 Å². The molecule has 9 heteroatoms. The minimum absolute atomic E-state index is 0.00190. The molecular weight excluding hydrogens is 318 g/mol. The number of carbonyl (C=O) groups excluding carboxylic acids is 1. The Kier molecular flexibility index (Phi) is 4.78. The number of ether oxygens (including phenoxy) is 1. The predicted molar refractivity (Wildman–Crippen MR) is 73.2 cm³/mol. The highest BCUT2D eigenvalue weighted by atomic mass is 32.2. The number of amides is 1. The third-order valence-electron chi connectivity index (χ3n) is 3.63. The maximum absolute atomic E-state index is 13.2. The zero-order chi connectivity index (χ0) is 16.5. The number of halogens is 2. The molecular formula is C13H16F2N2O4S. The molecule has 2 unspecified atom stereocenters. The van der Waals surface area contributed by atoms with Crippen molar-refractivity contribution in [3.05, 3.63) is 29.8 Å². The van der Waals surface area contributed by atoms with E-state index in [1.807, 2.05) is 0 Å². The Morgan fingerprint density at radius 3 is 2.41 bits per heavy atom. The zero-order valence-corrected chi connectivity index (χ0v) is 12.6. The molecule has 6 nitrogen and oxygen atoms in total. The molecule has 1 saturated heterocycles. The molecule has 22 heavy (non-hydrogen) atoms.